The van der Waals surface area contributed by atoms with Crippen molar-refractivity contribution in [2.75, 3.05) is 13.7 Å². The van der Waals surface area contributed by atoms with Crippen LogP contribution in [0.2, 0.25) is 0 Å². The first-order valence-corrected chi connectivity index (χ1v) is 6.95. The summed E-state index contributed by atoms with van der Waals surface area (Å²) in [5.41, 5.74) is 4.92. The number of benzene rings is 1. The van der Waals surface area contributed by atoms with E-state index in [0.29, 0.717) is 0 Å². The molecule has 4 heteroatoms. The molecule has 0 saturated carbocycles. The van der Waals surface area contributed by atoms with Crippen LogP contribution in [0.3, 0.4) is 0 Å². The number of nitrogens with one attached hydrogen (secondary N) is 1. The van der Waals surface area contributed by atoms with Crippen LogP contribution in [0.15, 0.2) is 24.4 Å². The predicted molar refractivity (Wildman–Crippen MR) is 81.2 cm³/mol. The van der Waals surface area contributed by atoms with E-state index in [1.54, 1.807) is 13.3 Å². The van der Waals surface area contributed by atoms with Crippen LogP contribution in [0.5, 0.6) is 5.75 Å². The summed E-state index contributed by atoms with van der Waals surface area (Å²) in [5.74, 6) is 0.820. The average Bonchev–Trinajstić information content (AvgIpc) is 2.78. The first kappa shape index (κ1) is 14.6. The average molecular weight is 273 g/mol. The van der Waals surface area contributed by atoms with Gasteiger partial charge in [-0.25, -0.2) is 0 Å². The Morgan fingerprint density at radius 2 is 1.95 bits per heavy atom. The minimum Gasteiger partial charge on any atom is -0.493 e. The lowest BCUT2D eigenvalue weighted by Gasteiger charge is -2.23. The molecule has 0 aliphatic rings. The Kier molecular flexibility index (Phi) is 4.45. The van der Waals surface area contributed by atoms with Crippen LogP contribution in [0.4, 0.5) is 0 Å². The van der Waals surface area contributed by atoms with Gasteiger partial charge in [0.25, 0.3) is 0 Å². The maximum absolute atomic E-state index is 5.47. The topological polar surface area (TPSA) is 39.1 Å². The molecule has 1 aromatic carbocycles. The molecule has 1 atom stereocenters. The molecule has 2 rings (SSSR count). The number of methoxy groups -OCH3 is 1. The Balaban J connectivity index is 2.59. The van der Waals surface area contributed by atoms with E-state index in [2.05, 4.69) is 49.4 Å². The van der Waals surface area contributed by atoms with Gasteiger partial charge in [-0.1, -0.05) is 25.1 Å². The third-order valence-corrected chi connectivity index (χ3v) is 3.68. The van der Waals surface area contributed by atoms with Gasteiger partial charge in [-0.3, -0.25) is 4.68 Å². The molecular weight excluding hydrogens is 250 g/mol. The highest BCUT2D eigenvalue weighted by Crippen LogP contribution is 2.32. The van der Waals surface area contributed by atoms with Gasteiger partial charge in [-0.15, -0.1) is 0 Å². The second-order valence-electron chi connectivity index (χ2n) is 5.02. The van der Waals surface area contributed by atoms with Gasteiger partial charge in [-0.2, -0.15) is 5.10 Å². The molecule has 0 radical (unpaired) electrons. The Labute approximate surface area is 120 Å². The Morgan fingerprint density at radius 1 is 1.30 bits per heavy atom. The maximum atomic E-state index is 5.47. The Bertz CT molecular complexity index is 569. The number of hydrogen-bond donors (Lipinski definition) is 1. The van der Waals surface area contributed by atoms with Gasteiger partial charge in [0.05, 0.1) is 19.3 Å². The lowest BCUT2D eigenvalue weighted by molar-refractivity contribution is 0.401. The fourth-order valence-electron chi connectivity index (χ4n) is 2.74. The molecule has 0 bridgehead atoms. The number of aromatic nitrogens is 2. The van der Waals surface area contributed by atoms with Crippen molar-refractivity contribution in [2.24, 2.45) is 7.05 Å². The summed E-state index contributed by atoms with van der Waals surface area (Å²) in [6, 6.07) is 6.48. The first-order chi connectivity index (χ1) is 9.60. The summed E-state index contributed by atoms with van der Waals surface area (Å²) in [4.78, 5) is 0. The van der Waals surface area contributed by atoms with Crippen LogP contribution < -0.4 is 10.1 Å². The zero-order valence-corrected chi connectivity index (χ0v) is 12.9. The summed E-state index contributed by atoms with van der Waals surface area (Å²) in [6.07, 6.45) is 1.77. The number of rotatable bonds is 5. The van der Waals surface area contributed by atoms with Crippen molar-refractivity contribution in [3.05, 3.63) is 46.8 Å². The number of ether oxygens (including phenoxy) is 1. The van der Waals surface area contributed by atoms with E-state index in [9.17, 15) is 0 Å². The zero-order chi connectivity index (χ0) is 14.7. The SMILES string of the molecule is CCNC(c1c(C)cccc1C)c1c(OC)cnn1C. The van der Waals surface area contributed by atoms with E-state index in [1.807, 2.05) is 11.7 Å². The minimum absolute atomic E-state index is 0.0867. The summed E-state index contributed by atoms with van der Waals surface area (Å²) >= 11 is 0. The highest BCUT2D eigenvalue weighted by molar-refractivity contribution is 5.43. The number of nitrogens with zero attached hydrogens (tertiary/aromatic N) is 2. The summed E-state index contributed by atoms with van der Waals surface area (Å²) < 4.78 is 7.36. The molecule has 0 spiro atoms. The largest absolute Gasteiger partial charge is 0.493 e. The molecule has 1 aromatic heterocycles. The van der Waals surface area contributed by atoms with Crippen molar-refractivity contribution in [3.63, 3.8) is 0 Å². The van der Waals surface area contributed by atoms with Gasteiger partial charge in [0.1, 0.15) is 5.69 Å². The number of hydrogen-bond acceptors (Lipinski definition) is 3. The van der Waals surface area contributed by atoms with Crippen LogP contribution in [0.1, 0.15) is 35.3 Å². The van der Waals surface area contributed by atoms with Crippen LogP contribution in [-0.2, 0) is 7.05 Å². The predicted octanol–water partition coefficient (Wildman–Crippen LogP) is 2.74. The van der Waals surface area contributed by atoms with Crippen molar-refractivity contribution in [1.29, 1.82) is 0 Å². The van der Waals surface area contributed by atoms with Crippen molar-refractivity contribution >= 4 is 0 Å². The first-order valence-electron chi connectivity index (χ1n) is 6.95. The van der Waals surface area contributed by atoms with Crippen LogP contribution >= 0.6 is 0 Å². The smallest absolute Gasteiger partial charge is 0.161 e. The molecule has 2 aromatic rings. The molecule has 0 saturated heterocycles. The molecule has 1 unspecified atom stereocenters. The Hall–Kier alpha value is -1.81. The third-order valence-electron chi connectivity index (χ3n) is 3.68. The fraction of sp³-hybridized carbons (Fsp3) is 0.438. The Morgan fingerprint density at radius 3 is 2.50 bits per heavy atom. The van der Waals surface area contributed by atoms with E-state index >= 15 is 0 Å². The standard InChI is InChI=1S/C16H23N3O/c1-6-17-15(14-11(2)8-7-9-12(14)3)16-13(20-5)10-18-19(16)4/h7-10,15,17H,6H2,1-5H3. The normalized spacial score (nSPS) is 12.4. The molecule has 0 fully saturated rings. The summed E-state index contributed by atoms with van der Waals surface area (Å²) in [6.45, 7) is 7.29. The van der Waals surface area contributed by atoms with E-state index in [0.717, 1.165) is 18.0 Å². The molecule has 108 valence electrons. The van der Waals surface area contributed by atoms with Gasteiger partial charge in [0, 0.05) is 7.05 Å². The van der Waals surface area contributed by atoms with E-state index < -0.39 is 0 Å². The highest BCUT2D eigenvalue weighted by atomic mass is 16.5. The molecule has 0 aliphatic heterocycles. The van der Waals surface area contributed by atoms with Gasteiger partial charge >= 0.3 is 0 Å². The second-order valence-corrected chi connectivity index (χ2v) is 5.02. The fourth-order valence-corrected chi connectivity index (χ4v) is 2.74. The monoisotopic (exact) mass is 273 g/mol. The highest BCUT2D eigenvalue weighted by Gasteiger charge is 2.24. The molecule has 0 amide bonds. The second kappa shape index (κ2) is 6.09. The summed E-state index contributed by atoms with van der Waals surface area (Å²) in [7, 11) is 3.64. The molecule has 0 aliphatic carbocycles. The molecular formula is C16H23N3O. The van der Waals surface area contributed by atoms with E-state index in [4.69, 9.17) is 4.74 Å². The molecule has 4 nitrogen and oxygen atoms in total. The van der Waals surface area contributed by atoms with Gasteiger partial charge in [0.15, 0.2) is 5.75 Å². The quantitative estimate of drug-likeness (QED) is 0.910. The van der Waals surface area contributed by atoms with Crippen LogP contribution in [0.25, 0.3) is 0 Å². The van der Waals surface area contributed by atoms with E-state index in [1.165, 1.54) is 16.7 Å². The van der Waals surface area contributed by atoms with Crippen molar-refractivity contribution in [2.45, 2.75) is 26.8 Å². The summed E-state index contributed by atoms with van der Waals surface area (Å²) in [5, 5.41) is 7.88. The van der Waals surface area contributed by atoms with Crippen LogP contribution in [-0.4, -0.2) is 23.4 Å². The molecule has 20 heavy (non-hydrogen) atoms. The van der Waals surface area contributed by atoms with Crippen LogP contribution in [0, 0.1) is 13.8 Å². The van der Waals surface area contributed by atoms with Gasteiger partial charge < -0.3 is 10.1 Å². The molecule has 1 N–H and O–H groups in total. The minimum atomic E-state index is 0.0867. The van der Waals surface area contributed by atoms with Gasteiger partial charge in [0.2, 0.25) is 0 Å². The van der Waals surface area contributed by atoms with E-state index in [-0.39, 0.29) is 6.04 Å². The lowest BCUT2D eigenvalue weighted by atomic mass is 9.93. The van der Waals surface area contributed by atoms with Crippen molar-refractivity contribution in [3.8, 4) is 5.75 Å². The molecule has 1 heterocycles. The lowest BCUT2D eigenvalue weighted by Crippen LogP contribution is -2.26. The third kappa shape index (κ3) is 2.56. The van der Waals surface area contributed by atoms with Gasteiger partial charge in [-0.05, 0) is 37.1 Å². The maximum Gasteiger partial charge on any atom is 0.161 e. The number of aryl methyl sites for hydroxylation is 3. The van der Waals surface area contributed by atoms with Crippen molar-refractivity contribution in [1.82, 2.24) is 15.1 Å². The zero-order valence-electron chi connectivity index (χ0n) is 12.9. The van der Waals surface area contributed by atoms with Crippen molar-refractivity contribution < 1.29 is 4.74 Å².